The molecule has 2 unspecified atom stereocenters. The summed E-state index contributed by atoms with van der Waals surface area (Å²) in [4.78, 5) is 14.2. The summed E-state index contributed by atoms with van der Waals surface area (Å²) in [7, 11) is 1.55. The summed E-state index contributed by atoms with van der Waals surface area (Å²) >= 11 is 0. The number of rotatable bonds is 5. The lowest BCUT2D eigenvalue weighted by molar-refractivity contribution is -0.137. The zero-order valence-corrected chi connectivity index (χ0v) is 12.2. The Morgan fingerprint density at radius 1 is 1.62 bits per heavy atom. The molecule has 1 heterocycles. The third-order valence-electron chi connectivity index (χ3n) is 3.80. The topological polar surface area (TPSA) is 67.6 Å². The maximum Gasteiger partial charge on any atom is 0.225 e. The van der Waals surface area contributed by atoms with Crippen LogP contribution in [0.15, 0.2) is 24.3 Å². The normalized spacial score (nSPS) is 20.3. The number of nitrogens with two attached hydrogens (primary N) is 1. The molecule has 6 heteroatoms. The minimum absolute atomic E-state index is 0.0111. The van der Waals surface area contributed by atoms with Crippen LogP contribution in [-0.4, -0.2) is 50.2 Å². The molecule has 1 aliphatic rings. The minimum atomic E-state index is -0.290. The van der Waals surface area contributed by atoms with Crippen LogP contribution in [0.4, 0.5) is 4.39 Å². The summed E-state index contributed by atoms with van der Waals surface area (Å²) < 4.78 is 18.6. The Hall–Kier alpha value is -1.50. The molecule has 1 fully saturated rings. The number of halogens is 1. The van der Waals surface area contributed by atoms with Gasteiger partial charge >= 0.3 is 0 Å². The quantitative estimate of drug-likeness (QED) is 0.837. The Bertz CT molecular complexity index is 480. The number of carbonyl (C=O) groups is 1. The Morgan fingerprint density at radius 3 is 3.10 bits per heavy atom. The van der Waals surface area contributed by atoms with E-state index in [1.165, 1.54) is 12.1 Å². The van der Waals surface area contributed by atoms with Gasteiger partial charge in [0.1, 0.15) is 5.82 Å². The van der Waals surface area contributed by atoms with E-state index >= 15 is 0 Å². The van der Waals surface area contributed by atoms with Crippen LogP contribution in [0.2, 0.25) is 0 Å². The van der Waals surface area contributed by atoms with Crippen LogP contribution in [-0.2, 0) is 9.53 Å². The molecule has 0 bridgehead atoms. The first-order valence-electron chi connectivity index (χ1n) is 7.14. The third-order valence-corrected chi connectivity index (χ3v) is 3.80. The van der Waals surface area contributed by atoms with Gasteiger partial charge in [-0.05, 0) is 17.7 Å². The second-order valence-electron chi connectivity index (χ2n) is 5.16. The van der Waals surface area contributed by atoms with Gasteiger partial charge in [-0.2, -0.15) is 0 Å². The van der Waals surface area contributed by atoms with E-state index in [2.05, 4.69) is 5.32 Å². The molecule has 0 radical (unpaired) electrons. The van der Waals surface area contributed by atoms with Gasteiger partial charge in [0.25, 0.3) is 0 Å². The number of hydrogen-bond acceptors (Lipinski definition) is 4. The number of carbonyl (C=O) groups excluding carboxylic acids is 1. The fourth-order valence-electron chi connectivity index (χ4n) is 2.59. The van der Waals surface area contributed by atoms with Crippen molar-refractivity contribution in [2.75, 3.05) is 33.3 Å². The van der Waals surface area contributed by atoms with Gasteiger partial charge in [0.05, 0.1) is 18.6 Å². The number of benzene rings is 1. The fourth-order valence-corrected chi connectivity index (χ4v) is 2.59. The van der Waals surface area contributed by atoms with E-state index in [1.54, 1.807) is 18.1 Å². The molecule has 0 aromatic heterocycles. The van der Waals surface area contributed by atoms with Crippen LogP contribution < -0.4 is 11.1 Å². The molecule has 1 aromatic carbocycles. The third kappa shape index (κ3) is 4.00. The molecule has 2 rings (SSSR count). The van der Waals surface area contributed by atoms with Crippen LogP contribution in [0.1, 0.15) is 18.0 Å². The van der Waals surface area contributed by atoms with E-state index in [0.717, 1.165) is 12.1 Å². The highest BCUT2D eigenvalue weighted by atomic mass is 19.1. The lowest BCUT2D eigenvalue weighted by Gasteiger charge is -2.37. The van der Waals surface area contributed by atoms with Crippen molar-refractivity contribution < 1.29 is 13.9 Å². The average Bonchev–Trinajstić information content (AvgIpc) is 2.52. The summed E-state index contributed by atoms with van der Waals surface area (Å²) in [5.41, 5.74) is 6.37. The van der Waals surface area contributed by atoms with Gasteiger partial charge in [-0.3, -0.25) is 4.79 Å². The van der Waals surface area contributed by atoms with Gasteiger partial charge in [0.15, 0.2) is 0 Å². The molecular formula is C15H22FN3O2. The number of ether oxygens (including phenoxy) is 1. The van der Waals surface area contributed by atoms with Crippen molar-refractivity contribution in [3.05, 3.63) is 35.6 Å². The number of piperazine rings is 1. The highest BCUT2D eigenvalue weighted by molar-refractivity contribution is 5.77. The highest BCUT2D eigenvalue weighted by Gasteiger charge is 2.29. The molecule has 1 aromatic rings. The van der Waals surface area contributed by atoms with E-state index in [4.69, 9.17) is 10.5 Å². The van der Waals surface area contributed by atoms with E-state index in [9.17, 15) is 9.18 Å². The summed E-state index contributed by atoms with van der Waals surface area (Å²) in [6, 6.07) is 6.24. The van der Waals surface area contributed by atoms with E-state index in [0.29, 0.717) is 19.6 Å². The molecule has 0 spiro atoms. The fraction of sp³-hybridized carbons (Fsp3) is 0.533. The van der Waals surface area contributed by atoms with Crippen LogP contribution in [0.3, 0.4) is 0 Å². The molecule has 116 valence electrons. The van der Waals surface area contributed by atoms with Crippen molar-refractivity contribution in [1.82, 2.24) is 10.2 Å². The molecule has 1 saturated heterocycles. The first kappa shape index (κ1) is 15.9. The molecule has 1 amide bonds. The number of hydrogen-bond donors (Lipinski definition) is 2. The van der Waals surface area contributed by atoms with Crippen LogP contribution in [0, 0.1) is 5.82 Å². The SMILES string of the molecule is COC(CN)CC(=O)N1CCNCC1c1cccc(F)c1. The number of nitrogens with one attached hydrogen (secondary N) is 1. The van der Waals surface area contributed by atoms with Crippen molar-refractivity contribution in [2.24, 2.45) is 5.73 Å². The summed E-state index contributed by atoms with van der Waals surface area (Å²) in [6.07, 6.45) is -0.0284. The van der Waals surface area contributed by atoms with Crippen molar-refractivity contribution in [1.29, 1.82) is 0 Å². The van der Waals surface area contributed by atoms with Crippen molar-refractivity contribution in [3.8, 4) is 0 Å². The standard InChI is InChI=1S/C15H22FN3O2/c1-21-13(9-17)8-15(20)19-6-5-18-10-14(19)11-3-2-4-12(16)7-11/h2-4,7,13-14,18H,5-6,8-10,17H2,1H3. The second kappa shape index (κ2) is 7.49. The molecule has 1 aliphatic heterocycles. The molecule has 3 N–H and O–H groups in total. The lowest BCUT2D eigenvalue weighted by atomic mass is 10.0. The molecular weight excluding hydrogens is 273 g/mol. The maximum absolute atomic E-state index is 13.4. The van der Waals surface area contributed by atoms with Gasteiger partial charge < -0.3 is 20.7 Å². The van der Waals surface area contributed by atoms with Crippen LogP contribution in [0.5, 0.6) is 0 Å². The number of amides is 1. The van der Waals surface area contributed by atoms with Gasteiger partial charge in [0, 0.05) is 33.3 Å². The van der Waals surface area contributed by atoms with Gasteiger partial charge in [0.2, 0.25) is 5.91 Å². The Kier molecular flexibility index (Phi) is 5.67. The molecule has 0 aliphatic carbocycles. The molecule has 21 heavy (non-hydrogen) atoms. The van der Waals surface area contributed by atoms with Crippen LogP contribution >= 0.6 is 0 Å². The minimum Gasteiger partial charge on any atom is -0.380 e. The predicted octanol–water partition coefficient (Wildman–Crippen LogP) is 0.662. The van der Waals surface area contributed by atoms with Gasteiger partial charge in [-0.25, -0.2) is 4.39 Å². The first-order chi connectivity index (χ1) is 10.2. The van der Waals surface area contributed by atoms with Gasteiger partial charge in [-0.15, -0.1) is 0 Å². The monoisotopic (exact) mass is 295 g/mol. The van der Waals surface area contributed by atoms with Crippen molar-refractivity contribution in [3.63, 3.8) is 0 Å². The Labute approximate surface area is 124 Å². The second-order valence-corrected chi connectivity index (χ2v) is 5.16. The van der Waals surface area contributed by atoms with E-state index in [1.807, 2.05) is 6.07 Å². The van der Waals surface area contributed by atoms with Crippen molar-refractivity contribution in [2.45, 2.75) is 18.6 Å². The summed E-state index contributed by atoms with van der Waals surface area (Å²) in [6.45, 7) is 2.26. The Morgan fingerprint density at radius 2 is 2.43 bits per heavy atom. The molecule has 5 nitrogen and oxygen atoms in total. The number of methoxy groups -OCH3 is 1. The zero-order valence-electron chi connectivity index (χ0n) is 12.2. The summed E-state index contributed by atoms with van der Waals surface area (Å²) in [5.74, 6) is -0.301. The lowest BCUT2D eigenvalue weighted by Crippen LogP contribution is -2.49. The maximum atomic E-state index is 13.4. The Balaban J connectivity index is 2.13. The van der Waals surface area contributed by atoms with Gasteiger partial charge in [-0.1, -0.05) is 12.1 Å². The van der Waals surface area contributed by atoms with E-state index < -0.39 is 0 Å². The zero-order chi connectivity index (χ0) is 15.2. The first-order valence-corrected chi connectivity index (χ1v) is 7.14. The average molecular weight is 295 g/mol. The smallest absolute Gasteiger partial charge is 0.225 e. The largest absolute Gasteiger partial charge is 0.380 e. The van der Waals surface area contributed by atoms with E-state index in [-0.39, 0.29) is 30.3 Å². The number of nitrogens with zero attached hydrogens (tertiary/aromatic N) is 1. The molecule has 0 saturated carbocycles. The van der Waals surface area contributed by atoms with Crippen LogP contribution in [0.25, 0.3) is 0 Å². The predicted molar refractivity (Wildman–Crippen MR) is 78.2 cm³/mol. The van der Waals surface area contributed by atoms with Crippen molar-refractivity contribution >= 4 is 5.91 Å². The summed E-state index contributed by atoms with van der Waals surface area (Å²) in [5, 5.41) is 3.25. The molecule has 2 atom stereocenters. The highest BCUT2D eigenvalue weighted by Crippen LogP contribution is 2.24.